The Morgan fingerprint density at radius 2 is 1.84 bits per heavy atom. The molecule has 4 heteroatoms. The van der Waals surface area contributed by atoms with Crippen molar-refractivity contribution >= 4 is 45.0 Å². The molecule has 0 saturated carbocycles. The Balaban J connectivity index is 2.28. The average molecular weight is 271 g/mol. The van der Waals surface area contributed by atoms with E-state index in [2.05, 4.69) is 10.3 Å². The number of hydrogen-bond donors (Lipinski definition) is 1. The first-order valence-electron chi connectivity index (χ1n) is 5.91. The lowest BCUT2D eigenvalue weighted by molar-refractivity contribution is -0.114. The summed E-state index contributed by atoms with van der Waals surface area (Å²) in [5.74, 6) is -0.105. The first kappa shape index (κ1) is 11.9. The molecule has 94 valence electrons. The van der Waals surface area contributed by atoms with Gasteiger partial charge in [0.05, 0.1) is 16.1 Å². The summed E-state index contributed by atoms with van der Waals surface area (Å²) in [6.07, 6.45) is 0. The Morgan fingerprint density at radius 3 is 2.63 bits per heavy atom. The molecule has 0 fully saturated rings. The summed E-state index contributed by atoms with van der Waals surface area (Å²) in [4.78, 5) is 15.6. The molecule has 3 nitrogen and oxygen atoms in total. The highest BCUT2D eigenvalue weighted by atomic mass is 35.5. The lowest BCUT2D eigenvalue weighted by Gasteiger charge is -2.07. The molecular formula is C15H11ClN2O. The number of hydrogen-bond acceptors (Lipinski definition) is 2. The summed E-state index contributed by atoms with van der Waals surface area (Å²) in [5.41, 5.74) is 2.34. The van der Waals surface area contributed by atoms with Crippen molar-refractivity contribution in [3.63, 3.8) is 0 Å². The topological polar surface area (TPSA) is 42.0 Å². The van der Waals surface area contributed by atoms with Crippen LogP contribution >= 0.6 is 11.6 Å². The highest BCUT2D eigenvalue weighted by molar-refractivity contribution is 6.40. The van der Waals surface area contributed by atoms with Gasteiger partial charge in [-0.3, -0.25) is 4.79 Å². The van der Waals surface area contributed by atoms with Crippen molar-refractivity contribution in [1.82, 2.24) is 4.98 Å². The number of carbonyl (C=O) groups is 1. The van der Waals surface area contributed by atoms with E-state index in [1.165, 1.54) is 6.92 Å². The van der Waals surface area contributed by atoms with Gasteiger partial charge in [-0.15, -0.1) is 0 Å². The van der Waals surface area contributed by atoms with E-state index in [0.29, 0.717) is 5.02 Å². The third-order valence-corrected chi connectivity index (χ3v) is 3.34. The summed E-state index contributed by atoms with van der Waals surface area (Å²) in [7, 11) is 0. The Labute approximate surface area is 115 Å². The van der Waals surface area contributed by atoms with Gasteiger partial charge in [-0.25, -0.2) is 4.98 Å². The van der Waals surface area contributed by atoms with Crippen molar-refractivity contribution in [2.24, 2.45) is 0 Å². The van der Waals surface area contributed by atoms with Crippen LogP contribution in [0, 0.1) is 0 Å². The Kier molecular flexibility index (Phi) is 2.84. The second-order valence-electron chi connectivity index (χ2n) is 4.36. The van der Waals surface area contributed by atoms with E-state index in [1.54, 1.807) is 0 Å². The van der Waals surface area contributed by atoms with E-state index in [4.69, 9.17) is 11.6 Å². The maximum atomic E-state index is 11.1. The normalized spacial score (nSPS) is 10.8. The van der Waals surface area contributed by atoms with Crippen molar-refractivity contribution in [2.75, 3.05) is 5.32 Å². The molecule has 3 rings (SSSR count). The third kappa shape index (κ3) is 2.13. The lowest BCUT2D eigenvalue weighted by atomic mass is 10.1. The maximum absolute atomic E-state index is 11.1. The summed E-state index contributed by atoms with van der Waals surface area (Å²) < 4.78 is 0. The van der Waals surface area contributed by atoms with E-state index in [9.17, 15) is 4.79 Å². The standard InChI is InChI=1S/C15H11ClN2O/c1-9(19)17-10-6-7-12-14(8-10)18-13-5-3-2-4-11(13)15(12)16/h2-8H,1H3,(H,17,19). The summed E-state index contributed by atoms with van der Waals surface area (Å²) >= 11 is 6.41. The fourth-order valence-corrected chi connectivity index (χ4v) is 2.44. The van der Waals surface area contributed by atoms with Crippen LogP contribution in [0.15, 0.2) is 42.5 Å². The van der Waals surface area contributed by atoms with Crippen molar-refractivity contribution in [3.8, 4) is 0 Å². The Bertz CT molecular complexity index is 799. The van der Waals surface area contributed by atoms with E-state index >= 15 is 0 Å². The van der Waals surface area contributed by atoms with E-state index in [0.717, 1.165) is 27.5 Å². The van der Waals surface area contributed by atoms with Crippen LogP contribution in [0.2, 0.25) is 5.02 Å². The van der Waals surface area contributed by atoms with Gasteiger partial charge in [0, 0.05) is 23.4 Å². The number of anilines is 1. The number of nitrogens with one attached hydrogen (secondary N) is 1. The van der Waals surface area contributed by atoms with Gasteiger partial charge in [0.15, 0.2) is 0 Å². The minimum Gasteiger partial charge on any atom is -0.326 e. The van der Waals surface area contributed by atoms with Gasteiger partial charge >= 0.3 is 0 Å². The minimum atomic E-state index is -0.105. The number of halogens is 1. The Hall–Kier alpha value is -2.13. The largest absolute Gasteiger partial charge is 0.326 e. The molecule has 3 aromatic rings. The van der Waals surface area contributed by atoms with Crippen LogP contribution in [0.25, 0.3) is 21.8 Å². The first-order chi connectivity index (χ1) is 9.15. The highest BCUT2D eigenvalue weighted by Gasteiger charge is 2.07. The van der Waals surface area contributed by atoms with Gasteiger partial charge in [-0.1, -0.05) is 29.8 Å². The van der Waals surface area contributed by atoms with Crippen LogP contribution in [-0.2, 0) is 4.79 Å². The molecule has 0 aliphatic carbocycles. The molecular weight excluding hydrogens is 260 g/mol. The predicted molar refractivity (Wildman–Crippen MR) is 78.6 cm³/mol. The molecule has 0 spiro atoms. The van der Waals surface area contributed by atoms with Crippen LogP contribution < -0.4 is 5.32 Å². The Morgan fingerprint density at radius 1 is 1.11 bits per heavy atom. The van der Waals surface area contributed by atoms with E-state index < -0.39 is 0 Å². The number of rotatable bonds is 1. The van der Waals surface area contributed by atoms with Gasteiger partial charge in [0.25, 0.3) is 0 Å². The lowest BCUT2D eigenvalue weighted by Crippen LogP contribution is -2.05. The molecule has 0 atom stereocenters. The molecule has 0 aliphatic rings. The zero-order valence-electron chi connectivity index (χ0n) is 10.3. The fourth-order valence-electron chi connectivity index (χ4n) is 2.12. The van der Waals surface area contributed by atoms with Crippen LogP contribution in [-0.4, -0.2) is 10.9 Å². The molecule has 19 heavy (non-hydrogen) atoms. The average Bonchev–Trinajstić information content (AvgIpc) is 2.38. The van der Waals surface area contributed by atoms with Gasteiger partial charge in [0.1, 0.15) is 0 Å². The number of carbonyl (C=O) groups excluding carboxylic acids is 1. The van der Waals surface area contributed by atoms with Crippen molar-refractivity contribution in [2.45, 2.75) is 6.92 Å². The monoisotopic (exact) mass is 270 g/mol. The van der Waals surface area contributed by atoms with Gasteiger partial charge < -0.3 is 5.32 Å². The quantitative estimate of drug-likeness (QED) is 0.679. The maximum Gasteiger partial charge on any atom is 0.221 e. The molecule has 1 heterocycles. The molecule has 0 bridgehead atoms. The second kappa shape index (κ2) is 4.52. The molecule has 1 aromatic heterocycles. The van der Waals surface area contributed by atoms with Crippen LogP contribution in [0.3, 0.4) is 0 Å². The number of amides is 1. The molecule has 0 radical (unpaired) electrons. The van der Waals surface area contributed by atoms with Gasteiger partial charge in [-0.2, -0.15) is 0 Å². The SMILES string of the molecule is CC(=O)Nc1ccc2c(Cl)c3ccccc3nc2c1. The molecule has 1 N–H and O–H groups in total. The van der Waals surface area contributed by atoms with Crippen LogP contribution in [0.1, 0.15) is 6.92 Å². The zero-order valence-corrected chi connectivity index (χ0v) is 11.0. The molecule has 2 aromatic carbocycles. The van der Waals surface area contributed by atoms with Gasteiger partial charge in [-0.05, 0) is 24.3 Å². The summed E-state index contributed by atoms with van der Waals surface area (Å²) in [6.45, 7) is 1.48. The number of aromatic nitrogens is 1. The number of fused-ring (bicyclic) bond motifs is 2. The minimum absolute atomic E-state index is 0.105. The molecule has 0 saturated heterocycles. The molecule has 0 aliphatic heterocycles. The number of benzene rings is 2. The van der Waals surface area contributed by atoms with Crippen molar-refractivity contribution in [3.05, 3.63) is 47.5 Å². The van der Waals surface area contributed by atoms with E-state index in [-0.39, 0.29) is 5.91 Å². The van der Waals surface area contributed by atoms with Gasteiger partial charge in [0.2, 0.25) is 5.91 Å². The highest BCUT2D eigenvalue weighted by Crippen LogP contribution is 2.31. The summed E-state index contributed by atoms with van der Waals surface area (Å²) in [6, 6.07) is 13.3. The van der Waals surface area contributed by atoms with Crippen molar-refractivity contribution in [1.29, 1.82) is 0 Å². The van der Waals surface area contributed by atoms with Crippen LogP contribution in [0.4, 0.5) is 5.69 Å². The molecule has 0 unspecified atom stereocenters. The number of nitrogens with zero attached hydrogens (tertiary/aromatic N) is 1. The molecule has 1 amide bonds. The first-order valence-corrected chi connectivity index (χ1v) is 6.28. The fraction of sp³-hybridized carbons (Fsp3) is 0.0667. The number of pyridine rings is 1. The van der Waals surface area contributed by atoms with Crippen LogP contribution in [0.5, 0.6) is 0 Å². The zero-order chi connectivity index (χ0) is 13.4. The smallest absolute Gasteiger partial charge is 0.221 e. The number of para-hydroxylation sites is 1. The predicted octanol–water partition coefficient (Wildman–Crippen LogP) is 4.00. The second-order valence-corrected chi connectivity index (χ2v) is 4.73. The van der Waals surface area contributed by atoms with Crippen molar-refractivity contribution < 1.29 is 4.79 Å². The summed E-state index contributed by atoms with van der Waals surface area (Å²) in [5, 5.41) is 5.25. The third-order valence-electron chi connectivity index (χ3n) is 2.94. The van der Waals surface area contributed by atoms with E-state index in [1.807, 2.05) is 42.5 Å².